The average molecular weight is 174 g/mol. The molecule has 0 atom stereocenters. The summed E-state index contributed by atoms with van der Waals surface area (Å²) in [6.45, 7) is 0. The topological polar surface area (TPSA) is 83.3 Å². The van der Waals surface area contributed by atoms with Gasteiger partial charge in [-0.25, -0.2) is 9.97 Å². The van der Waals surface area contributed by atoms with Gasteiger partial charge >= 0.3 is 7.60 Å². The Kier molecular flexibility index (Phi) is 2.34. The second-order valence-electron chi connectivity index (χ2n) is 1.99. The molecule has 0 aliphatic carbocycles. The van der Waals surface area contributed by atoms with Gasteiger partial charge in [-0.15, -0.1) is 0 Å². The van der Waals surface area contributed by atoms with Crippen LogP contribution in [-0.4, -0.2) is 19.8 Å². The molecule has 0 amide bonds. The molecule has 0 saturated carbocycles. The maximum absolute atomic E-state index is 10.4. The fourth-order valence-electron chi connectivity index (χ4n) is 0.596. The number of hydrogen-bond acceptors (Lipinski definition) is 3. The Balaban J connectivity index is 2.74. The molecule has 60 valence electrons. The van der Waals surface area contributed by atoms with Crippen molar-refractivity contribution in [2.45, 2.75) is 6.16 Å². The van der Waals surface area contributed by atoms with E-state index in [0.717, 1.165) is 0 Å². The van der Waals surface area contributed by atoms with Crippen LogP contribution < -0.4 is 0 Å². The first-order valence-electron chi connectivity index (χ1n) is 2.88. The van der Waals surface area contributed by atoms with Crippen molar-refractivity contribution in [1.29, 1.82) is 0 Å². The highest BCUT2D eigenvalue weighted by molar-refractivity contribution is 7.50. The molecule has 0 spiro atoms. The molecular weight excluding hydrogens is 167 g/mol. The Bertz CT molecular complexity index is 270. The minimum atomic E-state index is -4.01. The molecule has 0 radical (unpaired) electrons. The van der Waals surface area contributed by atoms with Crippen LogP contribution in [0.25, 0.3) is 0 Å². The second kappa shape index (κ2) is 3.09. The lowest BCUT2D eigenvalue weighted by Crippen LogP contribution is -1.93. The summed E-state index contributed by atoms with van der Waals surface area (Å²) >= 11 is 0. The molecule has 0 unspecified atom stereocenters. The van der Waals surface area contributed by atoms with Gasteiger partial charge in [0.05, 0.1) is 0 Å². The summed E-state index contributed by atoms with van der Waals surface area (Å²) in [5.74, 6) is 0.167. The van der Waals surface area contributed by atoms with Gasteiger partial charge in [0, 0.05) is 12.4 Å². The quantitative estimate of drug-likeness (QED) is 0.623. The lowest BCUT2D eigenvalue weighted by Gasteiger charge is -2.00. The van der Waals surface area contributed by atoms with E-state index in [2.05, 4.69) is 9.97 Å². The van der Waals surface area contributed by atoms with Crippen LogP contribution in [0.15, 0.2) is 18.5 Å². The molecule has 0 fully saturated rings. The van der Waals surface area contributed by atoms with Gasteiger partial charge in [-0.05, 0) is 6.07 Å². The molecule has 1 aromatic heterocycles. The highest BCUT2D eigenvalue weighted by Gasteiger charge is 2.14. The second-order valence-corrected chi connectivity index (χ2v) is 3.63. The first-order valence-corrected chi connectivity index (χ1v) is 4.68. The van der Waals surface area contributed by atoms with Crippen LogP contribution in [0.2, 0.25) is 0 Å². The standard InChI is InChI=1S/C5H7N2O3P/c8-11(9,10)4-5-6-2-1-3-7-5/h1-3H,4H2,(H2,8,9,10). The monoisotopic (exact) mass is 174 g/mol. The van der Waals surface area contributed by atoms with Gasteiger partial charge in [0.25, 0.3) is 0 Å². The van der Waals surface area contributed by atoms with Crippen molar-refractivity contribution in [2.75, 3.05) is 0 Å². The van der Waals surface area contributed by atoms with Crippen molar-refractivity contribution in [3.05, 3.63) is 24.3 Å². The van der Waals surface area contributed by atoms with Gasteiger partial charge in [0.15, 0.2) is 0 Å². The van der Waals surface area contributed by atoms with Gasteiger partial charge in [-0.3, -0.25) is 4.57 Å². The minimum Gasteiger partial charge on any atom is -0.324 e. The highest BCUT2D eigenvalue weighted by atomic mass is 31.2. The predicted molar refractivity (Wildman–Crippen MR) is 37.8 cm³/mol. The maximum atomic E-state index is 10.4. The van der Waals surface area contributed by atoms with Crippen LogP contribution in [0.5, 0.6) is 0 Å². The molecule has 0 aliphatic rings. The third kappa shape index (κ3) is 3.23. The first-order chi connectivity index (χ1) is 5.08. The number of rotatable bonds is 2. The van der Waals surface area contributed by atoms with E-state index < -0.39 is 13.8 Å². The largest absolute Gasteiger partial charge is 0.333 e. The molecule has 0 aliphatic heterocycles. The summed E-state index contributed by atoms with van der Waals surface area (Å²) in [6, 6.07) is 1.59. The molecule has 1 heterocycles. The number of hydrogen-bond donors (Lipinski definition) is 2. The van der Waals surface area contributed by atoms with Crippen LogP contribution in [0.3, 0.4) is 0 Å². The van der Waals surface area contributed by atoms with E-state index in [9.17, 15) is 4.57 Å². The molecule has 1 aromatic rings. The van der Waals surface area contributed by atoms with Gasteiger partial charge in [0.1, 0.15) is 12.0 Å². The average Bonchev–Trinajstić information content (AvgIpc) is 1.85. The smallest absolute Gasteiger partial charge is 0.324 e. The van der Waals surface area contributed by atoms with Crippen molar-refractivity contribution >= 4 is 7.60 Å². The van der Waals surface area contributed by atoms with Gasteiger partial charge in [-0.1, -0.05) is 0 Å². The van der Waals surface area contributed by atoms with Crippen molar-refractivity contribution in [1.82, 2.24) is 9.97 Å². The van der Waals surface area contributed by atoms with Crippen molar-refractivity contribution in [3.63, 3.8) is 0 Å². The van der Waals surface area contributed by atoms with E-state index in [0.29, 0.717) is 0 Å². The fraction of sp³-hybridized carbons (Fsp3) is 0.200. The van der Waals surface area contributed by atoms with Crippen molar-refractivity contribution < 1.29 is 14.4 Å². The zero-order valence-corrected chi connectivity index (χ0v) is 6.48. The minimum absolute atomic E-state index is 0.167. The zero-order valence-electron chi connectivity index (χ0n) is 5.58. The Morgan fingerprint density at radius 3 is 2.36 bits per heavy atom. The third-order valence-corrected chi connectivity index (χ3v) is 1.66. The van der Waals surface area contributed by atoms with E-state index in [1.165, 1.54) is 12.4 Å². The molecule has 5 nitrogen and oxygen atoms in total. The fourth-order valence-corrected chi connectivity index (χ4v) is 1.13. The number of nitrogens with zero attached hydrogens (tertiary/aromatic N) is 2. The third-order valence-electron chi connectivity index (χ3n) is 0.967. The summed E-state index contributed by atoms with van der Waals surface area (Å²) < 4.78 is 10.4. The summed E-state index contributed by atoms with van der Waals surface area (Å²) in [5.41, 5.74) is 0. The Morgan fingerprint density at radius 1 is 1.36 bits per heavy atom. The molecular formula is C5H7N2O3P. The maximum Gasteiger partial charge on any atom is 0.333 e. The summed E-state index contributed by atoms with van der Waals surface area (Å²) in [5, 5.41) is 0. The Morgan fingerprint density at radius 2 is 1.91 bits per heavy atom. The summed E-state index contributed by atoms with van der Waals surface area (Å²) in [7, 11) is -4.01. The van der Waals surface area contributed by atoms with E-state index >= 15 is 0 Å². The highest BCUT2D eigenvalue weighted by Crippen LogP contribution is 2.37. The van der Waals surface area contributed by atoms with E-state index in [4.69, 9.17) is 9.79 Å². The van der Waals surface area contributed by atoms with E-state index in [1.807, 2.05) is 0 Å². The SMILES string of the molecule is O=P(O)(O)Cc1ncccn1. The lowest BCUT2D eigenvalue weighted by molar-refractivity contribution is 0.370. The lowest BCUT2D eigenvalue weighted by atomic mass is 10.6. The first kappa shape index (κ1) is 8.33. The summed E-state index contributed by atoms with van der Waals surface area (Å²) in [4.78, 5) is 24.3. The van der Waals surface area contributed by atoms with Crippen LogP contribution in [0, 0.1) is 0 Å². The molecule has 6 heteroatoms. The normalized spacial score (nSPS) is 11.5. The predicted octanol–water partition coefficient (Wildman–Crippen LogP) is 0.154. The van der Waals surface area contributed by atoms with E-state index in [1.54, 1.807) is 6.07 Å². The molecule has 11 heavy (non-hydrogen) atoms. The zero-order chi connectivity index (χ0) is 8.32. The molecule has 1 rings (SSSR count). The summed E-state index contributed by atoms with van der Waals surface area (Å²) in [6.07, 6.45) is 2.49. The van der Waals surface area contributed by atoms with Crippen molar-refractivity contribution in [2.24, 2.45) is 0 Å². The van der Waals surface area contributed by atoms with Crippen LogP contribution in [0.4, 0.5) is 0 Å². The van der Waals surface area contributed by atoms with Gasteiger partial charge in [0.2, 0.25) is 0 Å². The van der Waals surface area contributed by atoms with Gasteiger partial charge < -0.3 is 9.79 Å². The molecule has 0 saturated heterocycles. The Hall–Kier alpha value is -0.770. The van der Waals surface area contributed by atoms with Gasteiger partial charge in [-0.2, -0.15) is 0 Å². The van der Waals surface area contributed by atoms with E-state index in [-0.39, 0.29) is 5.82 Å². The van der Waals surface area contributed by atoms with Crippen LogP contribution >= 0.6 is 7.60 Å². The van der Waals surface area contributed by atoms with Crippen LogP contribution in [-0.2, 0) is 10.7 Å². The Labute approximate surface area is 63.3 Å². The molecule has 2 N–H and O–H groups in total. The molecule has 0 aromatic carbocycles. The van der Waals surface area contributed by atoms with Crippen molar-refractivity contribution in [3.8, 4) is 0 Å². The number of aromatic nitrogens is 2. The van der Waals surface area contributed by atoms with Crippen LogP contribution in [0.1, 0.15) is 5.82 Å². The molecule has 0 bridgehead atoms.